The van der Waals surface area contributed by atoms with E-state index < -0.39 is 6.29 Å². The molecular weight excluding hydrogens is 124 g/mol. The predicted molar refractivity (Wildman–Crippen MR) is 32.7 cm³/mol. The summed E-state index contributed by atoms with van der Waals surface area (Å²) >= 11 is 0. The van der Waals surface area contributed by atoms with Crippen molar-refractivity contribution in [1.82, 2.24) is 0 Å². The van der Waals surface area contributed by atoms with Gasteiger partial charge in [-0.05, 0) is 6.42 Å². The van der Waals surface area contributed by atoms with E-state index in [1.54, 1.807) is 6.92 Å². The second-order valence-corrected chi connectivity index (χ2v) is 1.34. The van der Waals surface area contributed by atoms with Crippen LogP contribution in [0.4, 0.5) is 0 Å². The second kappa shape index (κ2) is 10.8. The molecule has 0 aliphatic carbocycles. The first-order valence-electron chi connectivity index (χ1n) is 2.76. The third-order valence-corrected chi connectivity index (χ3v) is 0.465. The molecular formula is C5H14O4. The summed E-state index contributed by atoms with van der Waals surface area (Å²) in [6, 6.07) is 0. The van der Waals surface area contributed by atoms with Crippen molar-refractivity contribution in [3.8, 4) is 0 Å². The van der Waals surface area contributed by atoms with Crippen LogP contribution >= 0.6 is 0 Å². The second-order valence-electron chi connectivity index (χ2n) is 1.34. The van der Waals surface area contributed by atoms with E-state index in [-0.39, 0.29) is 13.2 Å². The fourth-order valence-corrected chi connectivity index (χ4v) is 0. The standard InChI is InChI=1S/C3H8O2.C2H6O2/c1-2-3(4)5;3-1-2-4/h3-5H,2H2,1H3;3-4H,1-2H2. The van der Waals surface area contributed by atoms with Gasteiger partial charge in [-0.1, -0.05) is 6.92 Å². The van der Waals surface area contributed by atoms with E-state index in [4.69, 9.17) is 20.4 Å². The summed E-state index contributed by atoms with van der Waals surface area (Å²) in [6.45, 7) is 1.45. The normalized spacial score (nSPS) is 8.67. The highest BCUT2D eigenvalue weighted by molar-refractivity contribution is 4.21. The third-order valence-electron chi connectivity index (χ3n) is 0.465. The topological polar surface area (TPSA) is 80.9 Å². The van der Waals surface area contributed by atoms with E-state index in [1.807, 2.05) is 0 Å². The molecule has 9 heavy (non-hydrogen) atoms. The van der Waals surface area contributed by atoms with Crippen LogP contribution in [0.1, 0.15) is 13.3 Å². The van der Waals surface area contributed by atoms with Gasteiger partial charge in [0.05, 0.1) is 13.2 Å². The van der Waals surface area contributed by atoms with Crippen LogP contribution in [-0.2, 0) is 0 Å². The molecule has 0 unspecified atom stereocenters. The minimum atomic E-state index is -1.12. The number of hydrogen-bond acceptors (Lipinski definition) is 4. The van der Waals surface area contributed by atoms with E-state index in [0.29, 0.717) is 6.42 Å². The maximum absolute atomic E-state index is 7.92. The smallest absolute Gasteiger partial charge is 0.151 e. The van der Waals surface area contributed by atoms with E-state index >= 15 is 0 Å². The highest BCUT2D eigenvalue weighted by atomic mass is 16.5. The fraction of sp³-hybridized carbons (Fsp3) is 1.00. The average molecular weight is 138 g/mol. The Morgan fingerprint density at radius 1 is 1.11 bits per heavy atom. The summed E-state index contributed by atoms with van der Waals surface area (Å²) in [7, 11) is 0. The Bertz CT molecular complexity index is 35.9. The van der Waals surface area contributed by atoms with Gasteiger partial charge in [0.2, 0.25) is 0 Å². The van der Waals surface area contributed by atoms with Crippen molar-refractivity contribution in [2.75, 3.05) is 13.2 Å². The molecule has 0 aromatic heterocycles. The molecule has 0 aliphatic rings. The molecule has 4 heteroatoms. The minimum Gasteiger partial charge on any atom is -0.394 e. The van der Waals surface area contributed by atoms with Crippen LogP contribution in [0.25, 0.3) is 0 Å². The largest absolute Gasteiger partial charge is 0.394 e. The molecule has 0 fully saturated rings. The van der Waals surface area contributed by atoms with Gasteiger partial charge >= 0.3 is 0 Å². The van der Waals surface area contributed by atoms with Crippen LogP contribution in [0, 0.1) is 0 Å². The lowest BCUT2D eigenvalue weighted by Gasteiger charge is -1.90. The molecule has 0 saturated carbocycles. The lowest BCUT2D eigenvalue weighted by Crippen LogP contribution is -1.99. The lowest BCUT2D eigenvalue weighted by atomic mass is 10.5. The van der Waals surface area contributed by atoms with Crippen LogP contribution in [0.2, 0.25) is 0 Å². The molecule has 58 valence electrons. The van der Waals surface area contributed by atoms with Crippen LogP contribution in [0.15, 0.2) is 0 Å². The Balaban J connectivity index is 0. The van der Waals surface area contributed by atoms with Crippen molar-refractivity contribution in [3.63, 3.8) is 0 Å². The van der Waals surface area contributed by atoms with Crippen LogP contribution in [0.3, 0.4) is 0 Å². The number of aliphatic hydroxyl groups excluding tert-OH is 3. The molecule has 0 amide bonds. The zero-order valence-electron chi connectivity index (χ0n) is 5.49. The van der Waals surface area contributed by atoms with Gasteiger partial charge in [-0.25, -0.2) is 0 Å². The van der Waals surface area contributed by atoms with Crippen molar-refractivity contribution in [3.05, 3.63) is 0 Å². The Hall–Kier alpha value is -0.160. The molecule has 0 rings (SSSR count). The van der Waals surface area contributed by atoms with Gasteiger partial charge in [0.15, 0.2) is 6.29 Å². The molecule has 0 saturated heterocycles. The zero-order valence-corrected chi connectivity index (χ0v) is 5.49. The molecule has 0 aliphatic heterocycles. The van der Waals surface area contributed by atoms with Gasteiger partial charge < -0.3 is 20.4 Å². The van der Waals surface area contributed by atoms with E-state index in [0.717, 1.165) is 0 Å². The lowest BCUT2D eigenvalue weighted by molar-refractivity contribution is -0.0413. The van der Waals surface area contributed by atoms with Gasteiger partial charge in [-0.3, -0.25) is 0 Å². The average Bonchev–Trinajstić information content (AvgIpc) is 1.89. The van der Waals surface area contributed by atoms with Crippen molar-refractivity contribution in [2.45, 2.75) is 19.6 Å². The van der Waals surface area contributed by atoms with Gasteiger partial charge in [-0.15, -0.1) is 0 Å². The number of hydrogen-bond donors (Lipinski definition) is 4. The van der Waals surface area contributed by atoms with Crippen LogP contribution in [0.5, 0.6) is 0 Å². The van der Waals surface area contributed by atoms with Crippen molar-refractivity contribution in [1.29, 1.82) is 0 Å². The first-order valence-corrected chi connectivity index (χ1v) is 2.76. The highest BCUT2D eigenvalue weighted by Crippen LogP contribution is 1.77. The molecule has 0 radical (unpaired) electrons. The molecule has 0 spiro atoms. The predicted octanol–water partition coefficient (Wildman–Crippen LogP) is -1.32. The van der Waals surface area contributed by atoms with E-state index in [1.165, 1.54) is 0 Å². The summed E-state index contributed by atoms with van der Waals surface area (Å²) < 4.78 is 0. The monoisotopic (exact) mass is 138 g/mol. The van der Waals surface area contributed by atoms with Gasteiger partial charge in [0.25, 0.3) is 0 Å². The quantitative estimate of drug-likeness (QED) is 0.357. The molecule has 0 heterocycles. The molecule has 0 aromatic carbocycles. The van der Waals surface area contributed by atoms with Crippen LogP contribution in [-0.4, -0.2) is 39.9 Å². The maximum Gasteiger partial charge on any atom is 0.151 e. The summed E-state index contributed by atoms with van der Waals surface area (Å²) in [5.41, 5.74) is 0. The fourth-order valence-electron chi connectivity index (χ4n) is 0. The number of rotatable bonds is 2. The Labute approximate surface area is 54.4 Å². The van der Waals surface area contributed by atoms with Crippen LogP contribution < -0.4 is 0 Å². The first-order chi connectivity index (χ1) is 4.18. The summed E-state index contributed by atoms with van der Waals surface area (Å²) in [6.07, 6.45) is -0.699. The first kappa shape index (κ1) is 11.6. The van der Waals surface area contributed by atoms with Gasteiger partial charge in [0, 0.05) is 0 Å². The van der Waals surface area contributed by atoms with Gasteiger partial charge in [-0.2, -0.15) is 0 Å². The molecule has 4 nitrogen and oxygen atoms in total. The zero-order chi connectivity index (χ0) is 7.70. The summed E-state index contributed by atoms with van der Waals surface area (Å²) in [4.78, 5) is 0. The highest BCUT2D eigenvalue weighted by Gasteiger charge is 1.83. The van der Waals surface area contributed by atoms with Gasteiger partial charge in [0.1, 0.15) is 0 Å². The molecule has 0 atom stereocenters. The van der Waals surface area contributed by atoms with Crippen molar-refractivity contribution >= 4 is 0 Å². The molecule has 0 aromatic rings. The van der Waals surface area contributed by atoms with Crippen molar-refractivity contribution < 1.29 is 20.4 Å². The Kier molecular flexibility index (Phi) is 13.9. The van der Waals surface area contributed by atoms with E-state index in [9.17, 15) is 0 Å². The molecule has 0 bridgehead atoms. The Morgan fingerprint density at radius 2 is 1.33 bits per heavy atom. The van der Waals surface area contributed by atoms with E-state index in [2.05, 4.69) is 0 Å². The summed E-state index contributed by atoms with van der Waals surface area (Å²) in [5.74, 6) is 0. The Morgan fingerprint density at radius 3 is 1.33 bits per heavy atom. The summed E-state index contributed by atoms with van der Waals surface area (Å²) in [5, 5.41) is 31.1. The number of aliphatic hydroxyl groups is 4. The SMILES string of the molecule is CCC(O)O.OCCO. The third kappa shape index (κ3) is 33.2. The van der Waals surface area contributed by atoms with Crippen molar-refractivity contribution in [2.24, 2.45) is 0 Å². The minimum absolute atomic E-state index is 0.125. The molecule has 4 N–H and O–H groups in total. The maximum atomic E-state index is 7.92.